The van der Waals surface area contributed by atoms with Crippen molar-refractivity contribution in [2.45, 2.75) is 26.3 Å². The number of benzene rings is 1. The Balaban J connectivity index is 1.60. The van der Waals surface area contributed by atoms with E-state index in [4.69, 9.17) is 0 Å². The third-order valence-electron chi connectivity index (χ3n) is 4.67. The van der Waals surface area contributed by atoms with Crippen LogP contribution in [0.5, 0.6) is 0 Å². The molecule has 142 valence electrons. The van der Waals surface area contributed by atoms with Gasteiger partial charge in [-0.3, -0.25) is 29.5 Å². The van der Waals surface area contributed by atoms with Crippen LogP contribution in [-0.4, -0.2) is 38.3 Å². The highest BCUT2D eigenvalue weighted by Crippen LogP contribution is 2.24. The van der Waals surface area contributed by atoms with E-state index in [0.29, 0.717) is 10.2 Å². The van der Waals surface area contributed by atoms with Crippen molar-refractivity contribution in [3.63, 3.8) is 0 Å². The zero-order valence-electron chi connectivity index (χ0n) is 15.1. The first-order valence-electron chi connectivity index (χ1n) is 8.70. The second-order valence-electron chi connectivity index (χ2n) is 6.38. The van der Waals surface area contributed by atoms with Crippen LogP contribution in [-0.2, 0) is 11.2 Å². The van der Waals surface area contributed by atoms with Crippen LogP contribution in [0.25, 0.3) is 10.2 Å². The van der Waals surface area contributed by atoms with Gasteiger partial charge in [0.15, 0.2) is 0 Å². The van der Waals surface area contributed by atoms with Crippen LogP contribution >= 0.6 is 11.3 Å². The molecule has 3 amide bonds. The molecule has 28 heavy (non-hydrogen) atoms. The summed E-state index contributed by atoms with van der Waals surface area (Å²) in [5.74, 6) is -1.73. The number of amides is 3. The van der Waals surface area contributed by atoms with Gasteiger partial charge in [-0.1, -0.05) is 19.1 Å². The van der Waals surface area contributed by atoms with E-state index >= 15 is 0 Å². The Morgan fingerprint density at radius 2 is 1.82 bits per heavy atom. The van der Waals surface area contributed by atoms with Gasteiger partial charge in [0, 0.05) is 4.88 Å². The number of fused-ring (bicyclic) bond motifs is 2. The van der Waals surface area contributed by atoms with E-state index in [1.165, 1.54) is 24.6 Å². The number of rotatable bonds is 4. The maximum Gasteiger partial charge on any atom is 0.280 e. The van der Waals surface area contributed by atoms with E-state index in [2.05, 4.69) is 10.4 Å². The van der Waals surface area contributed by atoms with Gasteiger partial charge in [-0.2, -0.15) is 0 Å². The van der Waals surface area contributed by atoms with Crippen molar-refractivity contribution in [3.8, 4) is 0 Å². The first-order chi connectivity index (χ1) is 13.4. The highest BCUT2D eigenvalue weighted by molar-refractivity contribution is 7.18. The number of nitrogens with one attached hydrogen (secondary N) is 1. The predicted octanol–water partition coefficient (Wildman–Crippen LogP) is 1.78. The summed E-state index contributed by atoms with van der Waals surface area (Å²) in [5, 5.41) is 0.415. The highest BCUT2D eigenvalue weighted by Gasteiger charge is 2.40. The van der Waals surface area contributed by atoms with Crippen LogP contribution in [0.3, 0.4) is 0 Å². The van der Waals surface area contributed by atoms with Crippen molar-refractivity contribution in [2.24, 2.45) is 0 Å². The van der Waals surface area contributed by atoms with Crippen LogP contribution < -0.4 is 11.0 Å². The summed E-state index contributed by atoms with van der Waals surface area (Å²) in [6, 6.07) is 7.07. The van der Waals surface area contributed by atoms with Gasteiger partial charge >= 0.3 is 0 Å². The number of thiophene rings is 1. The normalized spacial score (nSPS) is 14.4. The number of aryl methyl sites for hydroxylation is 1. The second-order valence-corrected chi connectivity index (χ2v) is 7.50. The number of hydrogen-bond donors (Lipinski definition) is 1. The third kappa shape index (κ3) is 2.71. The van der Waals surface area contributed by atoms with E-state index in [1.807, 2.05) is 6.92 Å². The average Bonchev–Trinajstić information content (AvgIpc) is 3.24. The molecule has 3 heterocycles. The summed E-state index contributed by atoms with van der Waals surface area (Å²) in [5.41, 5.74) is 2.55. The molecule has 1 atom stereocenters. The molecule has 9 heteroatoms. The lowest BCUT2D eigenvalue weighted by atomic mass is 10.1. The number of imide groups is 1. The van der Waals surface area contributed by atoms with E-state index in [1.54, 1.807) is 30.3 Å². The molecular weight excluding hydrogens is 380 g/mol. The molecule has 2 aromatic heterocycles. The molecule has 0 spiro atoms. The molecule has 0 fully saturated rings. The first-order valence-corrected chi connectivity index (χ1v) is 9.52. The molecule has 1 aliphatic heterocycles. The summed E-state index contributed by atoms with van der Waals surface area (Å²) in [7, 11) is 0. The van der Waals surface area contributed by atoms with Gasteiger partial charge in [-0.25, -0.2) is 9.66 Å². The summed E-state index contributed by atoms with van der Waals surface area (Å²) in [6.07, 6.45) is 2.01. The average molecular weight is 396 g/mol. The molecule has 0 radical (unpaired) electrons. The van der Waals surface area contributed by atoms with Gasteiger partial charge < -0.3 is 0 Å². The maximum atomic E-state index is 12.6. The Hall–Kier alpha value is -3.33. The SMILES string of the molecule is CCc1cc2c(=O)n(NC(=O)[C@@H](C)N3C(=O)c4ccccc4C3=O)cnc2s1. The maximum absolute atomic E-state index is 12.6. The molecule has 4 rings (SSSR count). The predicted molar refractivity (Wildman–Crippen MR) is 104 cm³/mol. The zero-order chi connectivity index (χ0) is 20.0. The van der Waals surface area contributed by atoms with Gasteiger partial charge in [-0.05, 0) is 31.5 Å². The Kier molecular flexibility index (Phi) is 4.31. The Bertz CT molecular complexity index is 1160. The Morgan fingerprint density at radius 3 is 2.43 bits per heavy atom. The van der Waals surface area contributed by atoms with Gasteiger partial charge in [0.25, 0.3) is 23.3 Å². The largest absolute Gasteiger partial charge is 0.280 e. The number of carbonyl (C=O) groups excluding carboxylic acids is 3. The molecule has 1 N–H and O–H groups in total. The minimum atomic E-state index is -1.09. The lowest BCUT2D eigenvalue weighted by Gasteiger charge is -2.21. The van der Waals surface area contributed by atoms with Crippen LogP contribution in [0.15, 0.2) is 41.5 Å². The number of nitrogens with zero attached hydrogens (tertiary/aromatic N) is 3. The van der Waals surface area contributed by atoms with Crippen molar-refractivity contribution in [3.05, 3.63) is 63.0 Å². The summed E-state index contributed by atoms with van der Waals surface area (Å²) < 4.78 is 0.978. The second kappa shape index (κ2) is 6.68. The van der Waals surface area contributed by atoms with Gasteiger partial charge in [0.1, 0.15) is 17.2 Å². The van der Waals surface area contributed by atoms with Crippen LogP contribution in [0, 0.1) is 0 Å². The summed E-state index contributed by atoms with van der Waals surface area (Å²) >= 11 is 1.42. The zero-order valence-corrected chi connectivity index (χ0v) is 15.9. The van der Waals surface area contributed by atoms with Crippen molar-refractivity contribution in [1.29, 1.82) is 0 Å². The van der Waals surface area contributed by atoms with Crippen LogP contribution in [0.4, 0.5) is 0 Å². The van der Waals surface area contributed by atoms with Crippen molar-refractivity contribution < 1.29 is 14.4 Å². The fraction of sp³-hybridized carbons (Fsp3) is 0.211. The standard InChI is InChI=1S/C19H16N4O4S/c1-3-11-8-14-16(28-11)20-9-22(17(14)25)21-15(24)10(2)23-18(26)12-6-4-5-7-13(12)19(23)27/h4-10H,3H2,1-2H3,(H,21,24)/t10-/m1/s1. The molecule has 0 unspecified atom stereocenters. The van der Waals surface area contributed by atoms with Crippen molar-refractivity contribution >= 4 is 39.3 Å². The third-order valence-corrected chi connectivity index (χ3v) is 5.86. The molecular formula is C19H16N4O4S. The fourth-order valence-corrected chi connectivity index (χ4v) is 4.04. The number of aromatic nitrogens is 2. The first kappa shape index (κ1) is 18.1. The monoisotopic (exact) mass is 396 g/mol. The van der Waals surface area contributed by atoms with E-state index in [9.17, 15) is 19.2 Å². The molecule has 1 aromatic carbocycles. The lowest BCUT2D eigenvalue weighted by molar-refractivity contribution is -0.120. The van der Waals surface area contributed by atoms with Crippen LogP contribution in [0.2, 0.25) is 0 Å². The number of carbonyl (C=O) groups is 3. The van der Waals surface area contributed by atoms with Crippen molar-refractivity contribution in [1.82, 2.24) is 14.6 Å². The molecule has 0 bridgehead atoms. The minimum absolute atomic E-state index is 0.262. The fourth-order valence-electron chi connectivity index (χ4n) is 3.12. The minimum Gasteiger partial charge on any atom is -0.271 e. The van der Waals surface area contributed by atoms with Gasteiger partial charge in [0.2, 0.25) is 0 Å². The highest BCUT2D eigenvalue weighted by atomic mass is 32.1. The molecule has 0 saturated heterocycles. The molecule has 0 aliphatic carbocycles. The van der Waals surface area contributed by atoms with E-state index in [0.717, 1.165) is 20.9 Å². The quantitative estimate of drug-likeness (QED) is 0.678. The Morgan fingerprint density at radius 1 is 1.18 bits per heavy atom. The van der Waals surface area contributed by atoms with E-state index in [-0.39, 0.29) is 11.1 Å². The number of hydrogen-bond acceptors (Lipinski definition) is 6. The Labute approximate surface area is 163 Å². The molecule has 3 aromatic rings. The molecule has 8 nitrogen and oxygen atoms in total. The lowest BCUT2D eigenvalue weighted by Crippen LogP contribution is -2.48. The van der Waals surface area contributed by atoms with Crippen LogP contribution in [0.1, 0.15) is 39.4 Å². The smallest absolute Gasteiger partial charge is 0.271 e. The van der Waals surface area contributed by atoms with Crippen molar-refractivity contribution in [2.75, 3.05) is 5.43 Å². The summed E-state index contributed by atoms with van der Waals surface area (Å²) in [6.45, 7) is 3.42. The summed E-state index contributed by atoms with van der Waals surface area (Å²) in [4.78, 5) is 57.0. The van der Waals surface area contributed by atoms with Gasteiger partial charge in [-0.15, -0.1) is 11.3 Å². The van der Waals surface area contributed by atoms with Gasteiger partial charge in [0.05, 0.1) is 16.5 Å². The van der Waals surface area contributed by atoms with E-state index < -0.39 is 29.3 Å². The topological polar surface area (TPSA) is 101 Å². The molecule has 1 aliphatic rings. The molecule has 0 saturated carbocycles.